The van der Waals surface area contributed by atoms with Gasteiger partial charge in [0.1, 0.15) is 5.52 Å². The zero-order chi connectivity index (χ0) is 24.7. The lowest BCUT2D eigenvalue weighted by atomic mass is 9.95. The predicted octanol–water partition coefficient (Wildman–Crippen LogP) is 6.13. The van der Waals surface area contributed by atoms with Crippen LogP contribution in [-0.4, -0.2) is 59.7 Å². The van der Waals surface area contributed by atoms with Crippen LogP contribution < -0.4 is 4.90 Å². The lowest BCUT2D eigenvalue weighted by Gasteiger charge is -2.32. The molecule has 2 aromatic carbocycles. The van der Waals surface area contributed by atoms with E-state index in [4.69, 9.17) is 9.37 Å². The molecule has 3 aromatic rings. The molecule has 0 spiro atoms. The van der Waals surface area contributed by atoms with Gasteiger partial charge in [0.05, 0.1) is 11.8 Å². The average molecular weight is 501 g/mol. The van der Waals surface area contributed by atoms with Gasteiger partial charge in [-0.2, -0.15) is 13.2 Å². The first kappa shape index (κ1) is 23.7. The summed E-state index contributed by atoms with van der Waals surface area (Å²) in [4.78, 5) is 4.91. The Morgan fingerprint density at radius 3 is 2.53 bits per heavy atom. The smallest absolute Gasteiger partial charge is 0.365 e. The summed E-state index contributed by atoms with van der Waals surface area (Å²) in [5.41, 5.74) is 3.86. The van der Waals surface area contributed by atoms with Crippen molar-refractivity contribution in [2.24, 2.45) is 0 Å². The van der Waals surface area contributed by atoms with Gasteiger partial charge in [0, 0.05) is 19.1 Å². The minimum Gasteiger partial charge on any atom is -0.365 e. The van der Waals surface area contributed by atoms with Crippen molar-refractivity contribution >= 4 is 16.7 Å². The van der Waals surface area contributed by atoms with Gasteiger partial charge in [0.15, 0.2) is 11.6 Å². The first-order valence-electron chi connectivity index (χ1n) is 13.0. The second-order valence-electron chi connectivity index (χ2n) is 10.4. The number of benzene rings is 2. The molecule has 36 heavy (non-hydrogen) atoms. The third-order valence-electron chi connectivity index (χ3n) is 7.90. The molecule has 1 aromatic heterocycles. The van der Waals surface area contributed by atoms with Gasteiger partial charge in [-0.1, -0.05) is 18.2 Å². The highest BCUT2D eigenvalue weighted by Crippen LogP contribution is 2.42. The molecule has 2 atom stereocenters. The molecule has 2 saturated heterocycles. The van der Waals surface area contributed by atoms with Crippen LogP contribution in [0.4, 0.5) is 18.9 Å². The van der Waals surface area contributed by atoms with Gasteiger partial charge in [-0.3, -0.25) is 0 Å². The van der Waals surface area contributed by atoms with E-state index in [-0.39, 0.29) is 11.7 Å². The lowest BCUT2D eigenvalue weighted by Crippen LogP contribution is -2.39. The lowest BCUT2D eigenvalue weighted by molar-refractivity contribution is -0.243. The molecule has 1 aliphatic carbocycles. The maximum atomic E-state index is 13.9. The molecule has 3 aliphatic rings. The number of aromatic nitrogens is 2. The van der Waals surface area contributed by atoms with Gasteiger partial charge in [-0.15, -0.1) is 0 Å². The van der Waals surface area contributed by atoms with Crippen molar-refractivity contribution in [3.05, 3.63) is 42.0 Å². The SMILES string of the molecule is FC(F)(F)C(OC1CCC1)c1cccc(-c2cc(N3CCC[C@H]3CN3CCCC3)c3nonc3c2)c1. The Morgan fingerprint density at radius 2 is 1.78 bits per heavy atom. The van der Waals surface area contributed by atoms with Crippen LogP contribution in [0.3, 0.4) is 0 Å². The summed E-state index contributed by atoms with van der Waals surface area (Å²) < 4.78 is 52.4. The summed E-state index contributed by atoms with van der Waals surface area (Å²) in [6, 6.07) is 10.9. The Morgan fingerprint density at radius 1 is 0.944 bits per heavy atom. The summed E-state index contributed by atoms with van der Waals surface area (Å²) in [5, 5.41) is 8.27. The molecule has 3 heterocycles. The van der Waals surface area contributed by atoms with Crippen molar-refractivity contribution in [3.8, 4) is 11.1 Å². The van der Waals surface area contributed by atoms with Crippen molar-refractivity contribution in [1.29, 1.82) is 0 Å². The Bertz CT molecular complexity index is 1200. The van der Waals surface area contributed by atoms with Crippen LogP contribution in [0, 0.1) is 0 Å². The number of anilines is 1. The summed E-state index contributed by atoms with van der Waals surface area (Å²) in [6.07, 6.45) is 0.246. The standard InChI is InChI=1S/C27H31F3N4O2/c28-27(29,30)26(35-22-9-4-10-22)19-7-3-6-18(14-19)20-15-23-25(32-36-31-23)24(16-20)34-13-5-8-21(34)17-33-11-1-2-12-33/h3,6-7,14-16,21-22,26H,1-2,4-5,8-13,17H2/t21-,26?/m0/s1. The number of hydrogen-bond acceptors (Lipinski definition) is 6. The molecule has 0 bridgehead atoms. The second-order valence-corrected chi connectivity index (χ2v) is 10.4. The highest BCUT2D eigenvalue weighted by Gasteiger charge is 2.44. The van der Waals surface area contributed by atoms with Crippen molar-refractivity contribution in [2.45, 2.75) is 69.4 Å². The van der Waals surface area contributed by atoms with E-state index in [1.807, 2.05) is 18.2 Å². The molecule has 9 heteroatoms. The zero-order valence-electron chi connectivity index (χ0n) is 20.2. The molecule has 1 unspecified atom stereocenters. The van der Waals surface area contributed by atoms with Crippen molar-refractivity contribution < 1.29 is 22.5 Å². The molecule has 6 nitrogen and oxygen atoms in total. The first-order valence-corrected chi connectivity index (χ1v) is 13.0. The maximum absolute atomic E-state index is 13.9. The van der Waals surface area contributed by atoms with E-state index < -0.39 is 12.3 Å². The molecule has 2 aliphatic heterocycles. The number of likely N-dealkylation sites (tertiary alicyclic amines) is 1. The fourth-order valence-corrected chi connectivity index (χ4v) is 5.79. The molecule has 1 saturated carbocycles. The quantitative estimate of drug-likeness (QED) is 0.389. The maximum Gasteiger partial charge on any atom is 0.418 e. The topological polar surface area (TPSA) is 54.6 Å². The van der Waals surface area contributed by atoms with E-state index in [0.29, 0.717) is 35.5 Å². The van der Waals surface area contributed by atoms with Gasteiger partial charge in [-0.25, -0.2) is 4.63 Å². The van der Waals surface area contributed by atoms with Crippen LogP contribution in [0.25, 0.3) is 22.2 Å². The first-order chi connectivity index (χ1) is 17.5. The van der Waals surface area contributed by atoms with E-state index in [0.717, 1.165) is 56.7 Å². The highest BCUT2D eigenvalue weighted by atomic mass is 19.4. The number of nitrogens with zero attached hydrogens (tertiary/aromatic N) is 4. The minimum atomic E-state index is -4.47. The minimum absolute atomic E-state index is 0.125. The van der Waals surface area contributed by atoms with Crippen molar-refractivity contribution in [3.63, 3.8) is 0 Å². The van der Waals surface area contributed by atoms with Crippen LogP contribution in [0.5, 0.6) is 0 Å². The van der Waals surface area contributed by atoms with E-state index in [9.17, 15) is 13.2 Å². The van der Waals surface area contributed by atoms with Crippen LogP contribution in [0.15, 0.2) is 41.0 Å². The Kier molecular flexibility index (Phi) is 6.37. The molecular formula is C27H31F3N4O2. The number of hydrogen-bond donors (Lipinski definition) is 0. The third-order valence-corrected chi connectivity index (χ3v) is 7.90. The highest BCUT2D eigenvalue weighted by molar-refractivity contribution is 5.93. The summed E-state index contributed by atoms with van der Waals surface area (Å²) in [6.45, 7) is 4.20. The van der Waals surface area contributed by atoms with Crippen molar-refractivity contribution in [1.82, 2.24) is 15.2 Å². The number of alkyl halides is 3. The van der Waals surface area contributed by atoms with Crippen LogP contribution in [0.1, 0.15) is 56.6 Å². The Balaban J connectivity index is 1.34. The predicted molar refractivity (Wildman–Crippen MR) is 131 cm³/mol. The average Bonchev–Trinajstić information content (AvgIpc) is 3.59. The van der Waals surface area contributed by atoms with Gasteiger partial charge in [0.2, 0.25) is 0 Å². The van der Waals surface area contributed by atoms with Gasteiger partial charge in [-0.05, 0) is 103 Å². The van der Waals surface area contributed by atoms with Crippen molar-refractivity contribution in [2.75, 3.05) is 31.1 Å². The number of fused-ring (bicyclic) bond motifs is 1. The van der Waals surface area contributed by atoms with Gasteiger partial charge < -0.3 is 14.5 Å². The van der Waals surface area contributed by atoms with E-state index in [1.165, 1.54) is 18.9 Å². The molecular weight excluding hydrogens is 469 g/mol. The Labute approximate surface area is 208 Å². The molecule has 0 radical (unpaired) electrons. The molecule has 0 N–H and O–H groups in total. The fourth-order valence-electron chi connectivity index (χ4n) is 5.79. The summed E-state index contributed by atoms with van der Waals surface area (Å²) in [5.74, 6) is 0. The fraction of sp³-hybridized carbons (Fsp3) is 0.556. The van der Waals surface area contributed by atoms with Crippen LogP contribution >= 0.6 is 0 Å². The zero-order valence-corrected chi connectivity index (χ0v) is 20.2. The van der Waals surface area contributed by atoms with Crippen LogP contribution in [0.2, 0.25) is 0 Å². The van der Waals surface area contributed by atoms with Gasteiger partial charge >= 0.3 is 6.18 Å². The number of halogens is 3. The van der Waals surface area contributed by atoms with Gasteiger partial charge in [0.25, 0.3) is 0 Å². The summed E-state index contributed by atoms with van der Waals surface area (Å²) >= 11 is 0. The molecule has 3 fully saturated rings. The van der Waals surface area contributed by atoms with E-state index >= 15 is 0 Å². The third kappa shape index (κ3) is 4.70. The number of ether oxygens (including phenoxy) is 1. The van der Waals surface area contributed by atoms with E-state index in [1.54, 1.807) is 12.1 Å². The Hall–Kier alpha value is -2.65. The molecule has 6 rings (SSSR count). The summed E-state index contributed by atoms with van der Waals surface area (Å²) in [7, 11) is 0. The largest absolute Gasteiger partial charge is 0.418 e. The normalized spacial score (nSPS) is 22.4. The molecule has 192 valence electrons. The van der Waals surface area contributed by atoms with Crippen LogP contribution in [-0.2, 0) is 4.74 Å². The number of rotatable bonds is 7. The molecule has 0 amide bonds. The van der Waals surface area contributed by atoms with E-state index in [2.05, 4.69) is 20.1 Å². The monoisotopic (exact) mass is 500 g/mol. The second kappa shape index (κ2) is 9.67.